The van der Waals surface area contributed by atoms with Gasteiger partial charge in [0.1, 0.15) is 11.1 Å². The first-order valence-electron chi connectivity index (χ1n) is 8.12. The SMILES string of the molecule is CCCCn1nnc2ccc(C(=O)c3c[nH]n(C)c3=O)c(C)c2c1=O. The smallest absolute Gasteiger partial charge is 0.277 e. The van der Waals surface area contributed by atoms with Crippen molar-refractivity contribution in [2.24, 2.45) is 7.05 Å². The second kappa shape index (κ2) is 6.46. The molecular weight excluding hydrogens is 322 g/mol. The molecule has 25 heavy (non-hydrogen) atoms. The third-order valence-corrected chi connectivity index (χ3v) is 4.30. The van der Waals surface area contributed by atoms with E-state index in [1.54, 1.807) is 19.1 Å². The van der Waals surface area contributed by atoms with Gasteiger partial charge in [-0.05, 0) is 31.0 Å². The van der Waals surface area contributed by atoms with Crippen LogP contribution in [-0.4, -0.2) is 30.6 Å². The molecule has 0 fully saturated rings. The van der Waals surface area contributed by atoms with E-state index in [-0.39, 0.29) is 11.1 Å². The van der Waals surface area contributed by atoms with Crippen LogP contribution in [0.3, 0.4) is 0 Å². The highest BCUT2D eigenvalue weighted by Crippen LogP contribution is 2.19. The second-order valence-electron chi connectivity index (χ2n) is 5.98. The van der Waals surface area contributed by atoms with Gasteiger partial charge in [-0.3, -0.25) is 19.1 Å². The van der Waals surface area contributed by atoms with Crippen molar-refractivity contribution < 1.29 is 4.79 Å². The van der Waals surface area contributed by atoms with Crippen LogP contribution in [0.5, 0.6) is 0 Å². The van der Waals surface area contributed by atoms with E-state index in [0.717, 1.165) is 12.8 Å². The van der Waals surface area contributed by atoms with Gasteiger partial charge in [0, 0.05) is 25.4 Å². The minimum atomic E-state index is -0.419. The lowest BCUT2D eigenvalue weighted by atomic mass is 9.98. The zero-order valence-electron chi connectivity index (χ0n) is 14.4. The summed E-state index contributed by atoms with van der Waals surface area (Å²) in [5.74, 6) is -0.419. The second-order valence-corrected chi connectivity index (χ2v) is 5.98. The Labute approximate surface area is 143 Å². The number of fused-ring (bicyclic) bond motifs is 1. The van der Waals surface area contributed by atoms with E-state index < -0.39 is 11.3 Å². The van der Waals surface area contributed by atoms with Gasteiger partial charge in [-0.15, -0.1) is 5.10 Å². The van der Waals surface area contributed by atoms with Crippen molar-refractivity contribution in [3.05, 3.63) is 55.7 Å². The standard InChI is InChI=1S/C17H19N5O3/c1-4-5-8-22-17(25)14-10(2)11(6-7-13(14)19-20-22)15(23)12-9-18-21(3)16(12)24/h6-7,9,18H,4-5,8H2,1-3H3. The summed E-state index contributed by atoms with van der Waals surface area (Å²) in [6.07, 6.45) is 3.12. The molecule has 0 unspecified atom stereocenters. The normalized spacial score (nSPS) is 11.2. The van der Waals surface area contributed by atoms with Gasteiger partial charge in [0.15, 0.2) is 5.78 Å². The summed E-state index contributed by atoms with van der Waals surface area (Å²) >= 11 is 0. The van der Waals surface area contributed by atoms with Crippen LogP contribution in [0.15, 0.2) is 27.9 Å². The lowest BCUT2D eigenvalue weighted by Crippen LogP contribution is -2.26. The van der Waals surface area contributed by atoms with Crippen LogP contribution in [0.1, 0.15) is 41.3 Å². The number of hydrogen-bond donors (Lipinski definition) is 1. The number of aromatic amines is 1. The maximum absolute atomic E-state index is 12.7. The van der Waals surface area contributed by atoms with Crippen LogP contribution in [0, 0.1) is 6.92 Å². The molecule has 2 heterocycles. The van der Waals surface area contributed by atoms with Gasteiger partial charge in [0.2, 0.25) is 0 Å². The number of aryl methyl sites for hydroxylation is 3. The first-order chi connectivity index (χ1) is 12.0. The van der Waals surface area contributed by atoms with Gasteiger partial charge in [0.05, 0.1) is 5.39 Å². The molecule has 0 saturated carbocycles. The van der Waals surface area contributed by atoms with Crippen molar-refractivity contribution in [3.63, 3.8) is 0 Å². The van der Waals surface area contributed by atoms with Gasteiger partial charge < -0.3 is 5.10 Å². The molecule has 8 nitrogen and oxygen atoms in total. The van der Waals surface area contributed by atoms with Crippen LogP contribution in [0.25, 0.3) is 10.9 Å². The van der Waals surface area contributed by atoms with Crippen molar-refractivity contribution in [1.82, 2.24) is 24.8 Å². The summed E-state index contributed by atoms with van der Waals surface area (Å²) in [6.45, 7) is 4.20. The van der Waals surface area contributed by atoms with Gasteiger partial charge in [-0.2, -0.15) is 0 Å². The Morgan fingerprint density at radius 2 is 1.96 bits per heavy atom. The number of carbonyl (C=O) groups excluding carboxylic acids is 1. The molecule has 0 atom stereocenters. The van der Waals surface area contributed by atoms with Crippen molar-refractivity contribution in [2.45, 2.75) is 33.2 Å². The Kier molecular flexibility index (Phi) is 4.35. The topological polar surface area (TPSA) is 103 Å². The Hall–Kier alpha value is -3.03. The number of ketones is 1. The molecule has 8 heteroatoms. The Balaban J connectivity index is 2.17. The molecule has 0 spiro atoms. The molecule has 0 aliphatic rings. The molecule has 0 bridgehead atoms. The number of nitrogens with zero attached hydrogens (tertiary/aromatic N) is 4. The van der Waals surface area contributed by atoms with E-state index in [9.17, 15) is 14.4 Å². The molecule has 3 rings (SSSR count). The van der Waals surface area contributed by atoms with E-state index in [1.807, 2.05) is 6.92 Å². The fourth-order valence-corrected chi connectivity index (χ4v) is 2.79. The average Bonchev–Trinajstić information content (AvgIpc) is 2.93. The fourth-order valence-electron chi connectivity index (χ4n) is 2.79. The number of rotatable bonds is 5. The summed E-state index contributed by atoms with van der Waals surface area (Å²) < 4.78 is 2.55. The molecule has 2 aromatic heterocycles. The summed E-state index contributed by atoms with van der Waals surface area (Å²) in [4.78, 5) is 37.5. The van der Waals surface area contributed by atoms with Crippen LogP contribution < -0.4 is 11.1 Å². The van der Waals surface area contributed by atoms with Crippen LogP contribution >= 0.6 is 0 Å². The molecular formula is C17H19N5O3. The summed E-state index contributed by atoms with van der Waals surface area (Å²) in [5, 5.41) is 11.1. The third kappa shape index (κ3) is 2.79. The minimum Gasteiger partial charge on any atom is -0.302 e. The van der Waals surface area contributed by atoms with Crippen molar-refractivity contribution in [1.29, 1.82) is 0 Å². The zero-order valence-corrected chi connectivity index (χ0v) is 14.4. The lowest BCUT2D eigenvalue weighted by molar-refractivity contribution is 0.103. The van der Waals surface area contributed by atoms with Gasteiger partial charge in [0.25, 0.3) is 11.1 Å². The zero-order chi connectivity index (χ0) is 18.1. The monoisotopic (exact) mass is 341 g/mol. The van der Waals surface area contributed by atoms with Crippen LogP contribution in [-0.2, 0) is 13.6 Å². The van der Waals surface area contributed by atoms with E-state index in [1.165, 1.54) is 22.6 Å². The molecule has 1 N–H and O–H groups in total. The third-order valence-electron chi connectivity index (χ3n) is 4.30. The predicted octanol–water partition coefficient (Wildman–Crippen LogP) is 1.16. The van der Waals surface area contributed by atoms with Crippen molar-refractivity contribution in [3.8, 4) is 0 Å². The molecule has 0 radical (unpaired) electrons. The minimum absolute atomic E-state index is 0.0401. The fraction of sp³-hybridized carbons (Fsp3) is 0.353. The molecule has 3 aromatic rings. The number of aromatic nitrogens is 5. The number of unbranched alkanes of at least 4 members (excludes halogenated alkanes) is 1. The molecule has 0 amide bonds. The number of nitrogens with one attached hydrogen (secondary N) is 1. The van der Waals surface area contributed by atoms with E-state index in [2.05, 4.69) is 15.4 Å². The largest absolute Gasteiger partial charge is 0.302 e. The number of benzene rings is 1. The summed E-state index contributed by atoms with van der Waals surface area (Å²) in [7, 11) is 1.54. The van der Waals surface area contributed by atoms with Gasteiger partial charge >= 0.3 is 0 Å². The maximum Gasteiger partial charge on any atom is 0.277 e. The van der Waals surface area contributed by atoms with Crippen molar-refractivity contribution in [2.75, 3.05) is 0 Å². The summed E-state index contributed by atoms with van der Waals surface area (Å²) in [6, 6.07) is 3.17. The highest BCUT2D eigenvalue weighted by atomic mass is 16.2. The lowest BCUT2D eigenvalue weighted by Gasteiger charge is -2.08. The highest BCUT2D eigenvalue weighted by molar-refractivity contribution is 6.11. The van der Waals surface area contributed by atoms with E-state index in [4.69, 9.17) is 0 Å². The predicted molar refractivity (Wildman–Crippen MR) is 92.9 cm³/mol. The van der Waals surface area contributed by atoms with Gasteiger partial charge in [-0.1, -0.05) is 18.6 Å². The van der Waals surface area contributed by atoms with E-state index in [0.29, 0.717) is 28.6 Å². The number of hydrogen-bond acceptors (Lipinski definition) is 5. The van der Waals surface area contributed by atoms with Crippen LogP contribution in [0.4, 0.5) is 0 Å². The highest BCUT2D eigenvalue weighted by Gasteiger charge is 2.20. The molecule has 1 aromatic carbocycles. The Morgan fingerprint density at radius 1 is 1.20 bits per heavy atom. The number of carbonyl (C=O) groups is 1. The first kappa shape index (κ1) is 16.8. The Bertz CT molecular complexity index is 1070. The molecule has 0 aliphatic heterocycles. The molecule has 0 saturated heterocycles. The van der Waals surface area contributed by atoms with Gasteiger partial charge in [-0.25, -0.2) is 4.68 Å². The number of H-pyrrole nitrogens is 1. The molecule has 0 aliphatic carbocycles. The average molecular weight is 341 g/mol. The van der Waals surface area contributed by atoms with Crippen molar-refractivity contribution >= 4 is 16.7 Å². The Morgan fingerprint density at radius 3 is 2.60 bits per heavy atom. The molecule has 130 valence electrons. The summed E-state index contributed by atoms with van der Waals surface area (Å²) in [5.41, 5.74) is 0.629. The first-order valence-corrected chi connectivity index (χ1v) is 8.12. The van der Waals surface area contributed by atoms with E-state index >= 15 is 0 Å². The van der Waals surface area contributed by atoms with Crippen LogP contribution in [0.2, 0.25) is 0 Å². The maximum atomic E-state index is 12.7. The quantitative estimate of drug-likeness (QED) is 0.702.